The minimum Gasteiger partial charge on any atom is -0.393 e. The van der Waals surface area contributed by atoms with Crippen LogP contribution in [0.1, 0.15) is 32.3 Å². The van der Waals surface area contributed by atoms with E-state index in [9.17, 15) is 19.1 Å². The van der Waals surface area contributed by atoms with E-state index in [-0.39, 0.29) is 36.4 Å². The van der Waals surface area contributed by atoms with E-state index in [0.29, 0.717) is 13.0 Å². The Balaban J connectivity index is 1.93. The molecule has 1 aromatic carbocycles. The molecule has 1 aliphatic heterocycles. The van der Waals surface area contributed by atoms with E-state index < -0.39 is 17.8 Å². The Hall–Kier alpha value is -1.95. The van der Waals surface area contributed by atoms with Gasteiger partial charge >= 0.3 is 0 Å². The second-order valence-corrected chi connectivity index (χ2v) is 6.75. The lowest BCUT2D eigenvalue weighted by Crippen LogP contribution is -2.35. The average molecular weight is 336 g/mol. The summed E-state index contributed by atoms with van der Waals surface area (Å²) in [5.74, 6) is -1.29. The Labute approximate surface area is 141 Å². The molecule has 1 fully saturated rings. The molecule has 1 aliphatic rings. The lowest BCUT2D eigenvalue weighted by molar-refractivity contribution is -0.126. The summed E-state index contributed by atoms with van der Waals surface area (Å²) in [5.41, 5.74) is 0.997. The third-order valence-electron chi connectivity index (χ3n) is 4.40. The van der Waals surface area contributed by atoms with Crippen molar-refractivity contribution in [1.29, 1.82) is 0 Å². The minimum absolute atomic E-state index is 0.0753. The van der Waals surface area contributed by atoms with E-state index in [1.807, 2.05) is 13.8 Å². The summed E-state index contributed by atoms with van der Waals surface area (Å²) in [5, 5.41) is 12.5. The third kappa shape index (κ3) is 4.32. The fraction of sp³-hybridized carbons (Fsp3) is 0.556. The first-order valence-corrected chi connectivity index (χ1v) is 8.32. The lowest BCUT2D eigenvalue weighted by Gasteiger charge is -2.18. The molecule has 132 valence electrons. The summed E-state index contributed by atoms with van der Waals surface area (Å²) in [4.78, 5) is 25.7. The number of anilines is 1. The van der Waals surface area contributed by atoms with Gasteiger partial charge in [-0.1, -0.05) is 19.9 Å². The third-order valence-corrected chi connectivity index (χ3v) is 4.40. The van der Waals surface area contributed by atoms with Crippen molar-refractivity contribution in [2.75, 3.05) is 18.0 Å². The molecule has 0 spiro atoms. The Morgan fingerprint density at radius 2 is 2.17 bits per heavy atom. The highest BCUT2D eigenvalue weighted by Crippen LogP contribution is 2.28. The second-order valence-electron chi connectivity index (χ2n) is 6.75. The Kier molecular flexibility index (Phi) is 5.94. The summed E-state index contributed by atoms with van der Waals surface area (Å²) in [7, 11) is 0. The van der Waals surface area contributed by atoms with Crippen LogP contribution in [0.4, 0.5) is 10.1 Å². The van der Waals surface area contributed by atoms with E-state index in [4.69, 9.17) is 0 Å². The predicted molar refractivity (Wildman–Crippen MR) is 90.1 cm³/mol. The number of nitrogens with one attached hydrogen (secondary N) is 1. The molecule has 1 aromatic rings. The van der Waals surface area contributed by atoms with Gasteiger partial charge in [-0.3, -0.25) is 9.59 Å². The highest BCUT2D eigenvalue weighted by Gasteiger charge is 2.36. The van der Waals surface area contributed by atoms with Crippen molar-refractivity contribution in [3.05, 3.63) is 29.6 Å². The number of hydrogen-bond acceptors (Lipinski definition) is 3. The lowest BCUT2D eigenvalue weighted by atomic mass is 10.0. The van der Waals surface area contributed by atoms with Crippen LogP contribution in [-0.2, 0) is 9.59 Å². The average Bonchev–Trinajstić information content (AvgIpc) is 2.89. The summed E-state index contributed by atoms with van der Waals surface area (Å²) < 4.78 is 14.0. The number of carbonyl (C=O) groups is 2. The molecule has 0 aliphatic carbocycles. The predicted octanol–water partition coefficient (Wildman–Crippen LogP) is 2.01. The van der Waals surface area contributed by atoms with Gasteiger partial charge in [-0.2, -0.15) is 0 Å². The largest absolute Gasteiger partial charge is 0.393 e. The number of halogens is 1. The number of nitrogens with zero attached hydrogens (tertiary/aromatic N) is 1. The van der Waals surface area contributed by atoms with E-state index >= 15 is 0 Å². The maximum atomic E-state index is 14.0. The van der Waals surface area contributed by atoms with Gasteiger partial charge in [0, 0.05) is 19.5 Å². The Morgan fingerprint density at radius 3 is 2.79 bits per heavy atom. The summed E-state index contributed by atoms with van der Waals surface area (Å²) in [6, 6.07) is 4.69. The molecule has 0 radical (unpaired) electrons. The standard InChI is InChI=1S/C18H25FN2O3/c1-11(2)16(22)6-7-20-18(24)13-9-17(23)21(10-13)15-5-4-12(3)8-14(15)19/h4-5,8,11,13,16,22H,6-7,9-10H2,1-3H3,(H,20,24). The molecule has 2 atom stereocenters. The molecule has 2 unspecified atom stereocenters. The molecule has 2 rings (SSSR count). The molecule has 2 amide bonds. The van der Waals surface area contributed by atoms with Crippen LogP contribution in [0, 0.1) is 24.6 Å². The van der Waals surface area contributed by atoms with Crippen LogP contribution in [0.15, 0.2) is 18.2 Å². The maximum absolute atomic E-state index is 14.0. The molecular formula is C18H25FN2O3. The summed E-state index contributed by atoms with van der Waals surface area (Å²) >= 11 is 0. The maximum Gasteiger partial charge on any atom is 0.227 e. The Morgan fingerprint density at radius 1 is 1.46 bits per heavy atom. The van der Waals surface area contributed by atoms with Crippen molar-refractivity contribution in [3.63, 3.8) is 0 Å². The monoisotopic (exact) mass is 336 g/mol. The first kappa shape index (κ1) is 18.4. The molecular weight excluding hydrogens is 311 g/mol. The molecule has 24 heavy (non-hydrogen) atoms. The molecule has 0 aromatic heterocycles. The minimum atomic E-state index is -0.491. The summed E-state index contributed by atoms with van der Waals surface area (Å²) in [6.07, 6.45) is 0.0837. The van der Waals surface area contributed by atoms with Crippen molar-refractivity contribution in [2.24, 2.45) is 11.8 Å². The van der Waals surface area contributed by atoms with Gasteiger partial charge in [-0.05, 0) is 37.0 Å². The van der Waals surface area contributed by atoms with Crippen LogP contribution in [0.5, 0.6) is 0 Å². The van der Waals surface area contributed by atoms with E-state index in [0.717, 1.165) is 5.56 Å². The number of rotatable bonds is 6. The van der Waals surface area contributed by atoms with Crippen LogP contribution >= 0.6 is 0 Å². The van der Waals surface area contributed by atoms with Crippen molar-refractivity contribution < 1.29 is 19.1 Å². The molecule has 2 N–H and O–H groups in total. The molecule has 6 heteroatoms. The molecule has 5 nitrogen and oxygen atoms in total. The van der Waals surface area contributed by atoms with Gasteiger partial charge in [0.2, 0.25) is 11.8 Å². The molecule has 1 saturated heterocycles. The van der Waals surface area contributed by atoms with Crippen LogP contribution in [0.2, 0.25) is 0 Å². The SMILES string of the molecule is Cc1ccc(N2CC(C(=O)NCCC(O)C(C)C)CC2=O)c(F)c1. The second kappa shape index (κ2) is 7.75. The van der Waals surface area contributed by atoms with Gasteiger partial charge in [0.15, 0.2) is 0 Å². The van der Waals surface area contributed by atoms with E-state index in [2.05, 4.69) is 5.32 Å². The normalized spacial score (nSPS) is 19.0. The van der Waals surface area contributed by atoms with Crippen molar-refractivity contribution in [2.45, 2.75) is 39.7 Å². The zero-order valence-corrected chi connectivity index (χ0v) is 14.4. The number of carbonyl (C=O) groups excluding carboxylic acids is 2. The van der Waals surface area contributed by atoms with Gasteiger partial charge in [0.05, 0.1) is 17.7 Å². The highest BCUT2D eigenvalue weighted by molar-refractivity contribution is 6.00. The molecule has 0 saturated carbocycles. The number of aryl methyl sites for hydroxylation is 1. The van der Waals surface area contributed by atoms with Gasteiger partial charge < -0.3 is 15.3 Å². The fourth-order valence-electron chi connectivity index (χ4n) is 2.77. The van der Waals surface area contributed by atoms with Gasteiger partial charge in [-0.15, -0.1) is 0 Å². The zero-order chi connectivity index (χ0) is 17.9. The number of aliphatic hydroxyl groups is 1. The topological polar surface area (TPSA) is 69.6 Å². The fourth-order valence-corrected chi connectivity index (χ4v) is 2.77. The zero-order valence-electron chi connectivity index (χ0n) is 14.4. The van der Waals surface area contributed by atoms with Crippen LogP contribution in [-0.4, -0.2) is 36.1 Å². The van der Waals surface area contributed by atoms with Crippen LogP contribution in [0.3, 0.4) is 0 Å². The first-order valence-electron chi connectivity index (χ1n) is 8.32. The smallest absolute Gasteiger partial charge is 0.227 e. The molecule has 1 heterocycles. The quantitative estimate of drug-likeness (QED) is 0.835. The number of amides is 2. The van der Waals surface area contributed by atoms with Crippen LogP contribution in [0.25, 0.3) is 0 Å². The van der Waals surface area contributed by atoms with Gasteiger partial charge in [-0.25, -0.2) is 4.39 Å². The van der Waals surface area contributed by atoms with Gasteiger partial charge in [0.25, 0.3) is 0 Å². The number of aliphatic hydroxyl groups excluding tert-OH is 1. The number of benzene rings is 1. The van der Waals surface area contributed by atoms with E-state index in [1.165, 1.54) is 11.0 Å². The molecule has 0 bridgehead atoms. The highest BCUT2D eigenvalue weighted by atomic mass is 19.1. The van der Waals surface area contributed by atoms with Crippen molar-refractivity contribution in [1.82, 2.24) is 5.32 Å². The Bertz CT molecular complexity index is 618. The number of hydrogen-bond donors (Lipinski definition) is 2. The van der Waals surface area contributed by atoms with Crippen molar-refractivity contribution >= 4 is 17.5 Å². The van der Waals surface area contributed by atoms with Crippen molar-refractivity contribution in [3.8, 4) is 0 Å². The summed E-state index contributed by atoms with van der Waals surface area (Å²) in [6.45, 7) is 6.14. The van der Waals surface area contributed by atoms with Crippen LogP contribution < -0.4 is 10.2 Å². The van der Waals surface area contributed by atoms with E-state index in [1.54, 1.807) is 19.1 Å². The first-order chi connectivity index (χ1) is 11.3. The van der Waals surface area contributed by atoms with Gasteiger partial charge in [0.1, 0.15) is 5.82 Å².